The van der Waals surface area contributed by atoms with Gasteiger partial charge in [-0.15, -0.1) is 0 Å². The zero-order valence-electron chi connectivity index (χ0n) is 7.45. The van der Waals surface area contributed by atoms with E-state index in [-0.39, 0.29) is 18.2 Å². The molecule has 0 aromatic carbocycles. The van der Waals surface area contributed by atoms with E-state index in [1.165, 1.54) is 0 Å². The lowest BCUT2D eigenvalue weighted by Gasteiger charge is -2.36. The van der Waals surface area contributed by atoms with Crippen LogP contribution in [0.4, 0.5) is 0 Å². The predicted octanol–water partition coefficient (Wildman–Crippen LogP) is 0.0863. The smallest absolute Gasteiger partial charge is 0.0954 e. The van der Waals surface area contributed by atoms with E-state index < -0.39 is 0 Å². The maximum atomic E-state index is 9.64. The average Bonchev–Trinajstić information content (AvgIpc) is 1.94. The van der Waals surface area contributed by atoms with E-state index in [9.17, 15) is 5.11 Å². The lowest BCUT2D eigenvalue weighted by molar-refractivity contribution is -0.101. The maximum Gasteiger partial charge on any atom is 0.0954 e. The van der Waals surface area contributed by atoms with Crippen LogP contribution in [0.15, 0.2) is 0 Å². The SMILES string of the molecule is CC1OCCC(N(C)C)C1O. The molecule has 1 N–H and O–H groups in total. The average molecular weight is 159 g/mol. The second kappa shape index (κ2) is 3.52. The molecular formula is C8H17NO2. The maximum absolute atomic E-state index is 9.64. The first-order valence-corrected chi connectivity index (χ1v) is 4.09. The van der Waals surface area contributed by atoms with Crippen LogP contribution in [-0.4, -0.2) is 49.0 Å². The molecule has 1 heterocycles. The quantitative estimate of drug-likeness (QED) is 0.588. The molecule has 3 heteroatoms. The van der Waals surface area contributed by atoms with Crippen molar-refractivity contribution in [1.82, 2.24) is 4.90 Å². The van der Waals surface area contributed by atoms with E-state index in [1.807, 2.05) is 21.0 Å². The lowest BCUT2D eigenvalue weighted by Crippen LogP contribution is -2.49. The van der Waals surface area contributed by atoms with Crippen LogP contribution in [-0.2, 0) is 4.74 Å². The molecule has 1 aliphatic heterocycles. The number of likely N-dealkylation sites (N-methyl/N-ethyl adjacent to an activating group) is 1. The van der Waals surface area contributed by atoms with E-state index in [1.54, 1.807) is 0 Å². The molecule has 0 amide bonds. The molecule has 0 aliphatic carbocycles. The Bertz CT molecular complexity index is 127. The molecule has 0 bridgehead atoms. The van der Waals surface area contributed by atoms with Crippen molar-refractivity contribution in [2.45, 2.75) is 31.6 Å². The van der Waals surface area contributed by atoms with Gasteiger partial charge in [0, 0.05) is 12.6 Å². The second-order valence-electron chi connectivity index (χ2n) is 3.39. The summed E-state index contributed by atoms with van der Waals surface area (Å²) in [4.78, 5) is 2.06. The first kappa shape index (κ1) is 8.97. The van der Waals surface area contributed by atoms with E-state index in [0.717, 1.165) is 13.0 Å². The highest BCUT2D eigenvalue weighted by Gasteiger charge is 2.30. The van der Waals surface area contributed by atoms with Crippen LogP contribution in [0.3, 0.4) is 0 Å². The predicted molar refractivity (Wildman–Crippen MR) is 43.5 cm³/mol. The van der Waals surface area contributed by atoms with E-state index in [4.69, 9.17) is 4.74 Å². The van der Waals surface area contributed by atoms with Gasteiger partial charge in [-0.05, 0) is 27.4 Å². The van der Waals surface area contributed by atoms with Gasteiger partial charge in [0.25, 0.3) is 0 Å². The molecule has 0 radical (unpaired) electrons. The summed E-state index contributed by atoms with van der Waals surface area (Å²) in [5.74, 6) is 0. The molecule has 0 aromatic rings. The van der Waals surface area contributed by atoms with Gasteiger partial charge in [-0.2, -0.15) is 0 Å². The van der Waals surface area contributed by atoms with E-state index in [2.05, 4.69) is 4.90 Å². The molecule has 0 spiro atoms. The zero-order valence-corrected chi connectivity index (χ0v) is 7.45. The number of aliphatic hydroxyl groups is 1. The Kier molecular flexibility index (Phi) is 2.87. The Labute approximate surface area is 68.0 Å². The van der Waals surface area contributed by atoms with Gasteiger partial charge < -0.3 is 14.7 Å². The molecule has 1 rings (SSSR count). The highest BCUT2D eigenvalue weighted by Crippen LogP contribution is 2.17. The molecule has 0 saturated carbocycles. The van der Waals surface area contributed by atoms with Crippen LogP contribution in [0.5, 0.6) is 0 Å². The van der Waals surface area contributed by atoms with Gasteiger partial charge in [-0.1, -0.05) is 0 Å². The van der Waals surface area contributed by atoms with Crippen molar-refractivity contribution in [3.63, 3.8) is 0 Å². The molecule has 1 fully saturated rings. The van der Waals surface area contributed by atoms with Gasteiger partial charge >= 0.3 is 0 Å². The molecule has 0 aromatic heterocycles. The van der Waals surface area contributed by atoms with Crippen molar-refractivity contribution < 1.29 is 9.84 Å². The number of hydrogen-bond acceptors (Lipinski definition) is 3. The highest BCUT2D eigenvalue weighted by atomic mass is 16.5. The van der Waals surface area contributed by atoms with Crippen LogP contribution < -0.4 is 0 Å². The van der Waals surface area contributed by atoms with Crippen LogP contribution in [0, 0.1) is 0 Å². The Balaban J connectivity index is 2.51. The van der Waals surface area contributed by atoms with Gasteiger partial charge in [-0.3, -0.25) is 0 Å². The molecule has 66 valence electrons. The fraction of sp³-hybridized carbons (Fsp3) is 1.00. The third kappa shape index (κ3) is 1.92. The summed E-state index contributed by atoms with van der Waals surface area (Å²) in [6, 6.07) is 0.263. The Morgan fingerprint density at radius 1 is 1.45 bits per heavy atom. The standard InChI is InChI=1S/C8H17NO2/c1-6-8(10)7(9(2)3)4-5-11-6/h6-8,10H,4-5H2,1-3H3. The largest absolute Gasteiger partial charge is 0.389 e. The van der Waals surface area contributed by atoms with Crippen molar-refractivity contribution in [3.05, 3.63) is 0 Å². The van der Waals surface area contributed by atoms with Crippen molar-refractivity contribution in [2.75, 3.05) is 20.7 Å². The zero-order chi connectivity index (χ0) is 8.43. The Morgan fingerprint density at radius 2 is 2.09 bits per heavy atom. The van der Waals surface area contributed by atoms with Crippen LogP contribution in [0.1, 0.15) is 13.3 Å². The molecule has 1 aliphatic rings. The van der Waals surface area contributed by atoms with Gasteiger partial charge in [0.1, 0.15) is 0 Å². The summed E-state index contributed by atoms with van der Waals surface area (Å²) in [6.45, 7) is 2.68. The molecule has 3 unspecified atom stereocenters. The highest BCUT2D eigenvalue weighted by molar-refractivity contribution is 4.83. The van der Waals surface area contributed by atoms with Gasteiger partial charge in [-0.25, -0.2) is 0 Å². The third-order valence-corrected chi connectivity index (χ3v) is 2.33. The number of ether oxygens (including phenoxy) is 1. The monoisotopic (exact) mass is 159 g/mol. The lowest BCUT2D eigenvalue weighted by atomic mass is 10.00. The summed E-state index contributed by atoms with van der Waals surface area (Å²) < 4.78 is 5.29. The van der Waals surface area contributed by atoms with Crippen molar-refractivity contribution in [1.29, 1.82) is 0 Å². The third-order valence-electron chi connectivity index (χ3n) is 2.33. The summed E-state index contributed by atoms with van der Waals surface area (Å²) >= 11 is 0. The summed E-state index contributed by atoms with van der Waals surface area (Å²) in [5.41, 5.74) is 0. The number of hydrogen-bond donors (Lipinski definition) is 1. The summed E-state index contributed by atoms with van der Waals surface area (Å²) in [6.07, 6.45) is 0.577. The minimum Gasteiger partial charge on any atom is -0.389 e. The molecule has 1 saturated heterocycles. The normalized spacial score (nSPS) is 39.5. The molecule has 11 heavy (non-hydrogen) atoms. The van der Waals surface area contributed by atoms with Crippen LogP contribution >= 0.6 is 0 Å². The summed E-state index contributed by atoms with van der Waals surface area (Å²) in [7, 11) is 3.98. The first-order chi connectivity index (χ1) is 5.13. The van der Waals surface area contributed by atoms with Crippen LogP contribution in [0.2, 0.25) is 0 Å². The van der Waals surface area contributed by atoms with Gasteiger partial charge in [0.05, 0.1) is 12.2 Å². The minimum atomic E-state index is -0.334. The fourth-order valence-corrected chi connectivity index (χ4v) is 1.52. The fourth-order valence-electron chi connectivity index (χ4n) is 1.52. The molecule has 3 nitrogen and oxygen atoms in total. The van der Waals surface area contributed by atoms with Gasteiger partial charge in [0.15, 0.2) is 0 Å². The van der Waals surface area contributed by atoms with Crippen LogP contribution in [0.25, 0.3) is 0 Å². The number of nitrogens with zero attached hydrogens (tertiary/aromatic N) is 1. The topological polar surface area (TPSA) is 32.7 Å². The number of aliphatic hydroxyl groups excluding tert-OH is 1. The minimum absolute atomic E-state index is 0.0175. The second-order valence-corrected chi connectivity index (χ2v) is 3.39. The Morgan fingerprint density at radius 3 is 2.55 bits per heavy atom. The first-order valence-electron chi connectivity index (χ1n) is 4.09. The molecular weight excluding hydrogens is 142 g/mol. The van der Waals surface area contributed by atoms with E-state index >= 15 is 0 Å². The van der Waals surface area contributed by atoms with Crippen molar-refractivity contribution in [3.8, 4) is 0 Å². The molecule has 3 atom stereocenters. The Hall–Kier alpha value is -0.120. The van der Waals surface area contributed by atoms with E-state index in [0.29, 0.717) is 0 Å². The number of rotatable bonds is 1. The van der Waals surface area contributed by atoms with Gasteiger partial charge in [0.2, 0.25) is 0 Å². The summed E-state index contributed by atoms with van der Waals surface area (Å²) in [5, 5.41) is 9.64. The van der Waals surface area contributed by atoms with Crippen molar-refractivity contribution >= 4 is 0 Å². The van der Waals surface area contributed by atoms with Crippen molar-refractivity contribution in [2.24, 2.45) is 0 Å².